The minimum Gasteiger partial charge on any atom is -0.477 e. The highest BCUT2D eigenvalue weighted by atomic mass is 35.5. The molecule has 0 N–H and O–H groups in total. The van der Waals surface area contributed by atoms with Gasteiger partial charge >= 0.3 is 0 Å². The Balaban J connectivity index is 2.14. The lowest BCUT2D eigenvalue weighted by atomic mass is 10.1. The Bertz CT molecular complexity index is 904. The third kappa shape index (κ3) is 2.34. The summed E-state index contributed by atoms with van der Waals surface area (Å²) >= 11 is 11.9. The standard InChI is InChI=1S/C14H7Cl2FN4O/c15-11-10(22-6-3-18)2-1-8(12(11)17)9-7-20-14-13(16)19-4-5-21(9)14/h1-2,4-5,7H,6H2. The lowest BCUT2D eigenvalue weighted by molar-refractivity contribution is 0.366. The molecule has 2 aromatic heterocycles. The van der Waals surface area contributed by atoms with E-state index in [1.165, 1.54) is 24.5 Å². The molecule has 0 aliphatic carbocycles. The van der Waals surface area contributed by atoms with E-state index in [9.17, 15) is 4.39 Å². The Morgan fingerprint density at radius 2 is 2.14 bits per heavy atom. The molecule has 0 saturated carbocycles. The molecular weight excluding hydrogens is 330 g/mol. The maximum absolute atomic E-state index is 14.5. The molecule has 0 atom stereocenters. The number of hydrogen-bond donors (Lipinski definition) is 0. The van der Waals surface area contributed by atoms with E-state index in [1.54, 1.807) is 16.7 Å². The molecule has 110 valence electrons. The number of halogens is 3. The van der Waals surface area contributed by atoms with Gasteiger partial charge in [-0.1, -0.05) is 23.2 Å². The summed E-state index contributed by atoms with van der Waals surface area (Å²) in [4.78, 5) is 8.04. The number of imidazole rings is 1. The van der Waals surface area contributed by atoms with E-state index in [0.29, 0.717) is 11.3 Å². The van der Waals surface area contributed by atoms with Crippen molar-refractivity contribution >= 4 is 28.8 Å². The van der Waals surface area contributed by atoms with Crippen molar-refractivity contribution in [3.05, 3.63) is 46.7 Å². The molecule has 0 bridgehead atoms. The number of nitriles is 1. The maximum Gasteiger partial charge on any atom is 0.175 e. The summed E-state index contributed by atoms with van der Waals surface area (Å²) in [6.07, 6.45) is 4.59. The van der Waals surface area contributed by atoms with Crippen LogP contribution in [0.3, 0.4) is 0 Å². The van der Waals surface area contributed by atoms with Crippen LogP contribution in [0.2, 0.25) is 10.2 Å². The van der Waals surface area contributed by atoms with Crippen LogP contribution in [-0.2, 0) is 0 Å². The van der Waals surface area contributed by atoms with Gasteiger partial charge in [-0.05, 0) is 12.1 Å². The molecule has 0 aliphatic rings. The highest BCUT2D eigenvalue weighted by Gasteiger charge is 2.17. The summed E-state index contributed by atoms with van der Waals surface area (Å²) in [5, 5.41) is 8.52. The van der Waals surface area contributed by atoms with Crippen LogP contribution in [0.1, 0.15) is 0 Å². The van der Waals surface area contributed by atoms with Crippen molar-refractivity contribution in [2.24, 2.45) is 0 Å². The topological polar surface area (TPSA) is 63.2 Å². The van der Waals surface area contributed by atoms with Gasteiger partial charge in [-0.15, -0.1) is 0 Å². The zero-order valence-electron chi connectivity index (χ0n) is 10.9. The fourth-order valence-corrected chi connectivity index (χ4v) is 2.45. The van der Waals surface area contributed by atoms with Gasteiger partial charge in [-0.3, -0.25) is 4.40 Å². The van der Waals surface area contributed by atoms with Gasteiger partial charge in [-0.2, -0.15) is 5.26 Å². The maximum atomic E-state index is 14.5. The van der Waals surface area contributed by atoms with E-state index >= 15 is 0 Å². The van der Waals surface area contributed by atoms with E-state index < -0.39 is 5.82 Å². The summed E-state index contributed by atoms with van der Waals surface area (Å²) in [6, 6.07) is 4.80. The Morgan fingerprint density at radius 3 is 2.91 bits per heavy atom. The molecule has 8 heteroatoms. The Kier molecular flexibility index (Phi) is 3.84. The summed E-state index contributed by atoms with van der Waals surface area (Å²) < 4.78 is 21.2. The van der Waals surface area contributed by atoms with E-state index in [4.69, 9.17) is 33.2 Å². The first kappa shape index (κ1) is 14.6. The highest BCUT2D eigenvalue weighted by molar-refractivity contribution is 6.32. The number of aromatic nitrogens is 3. The molecule has 5 nitrogen and oxygen atoms in total. The van der Waals surface area contributed by atoms with E-state index in [1.807, 2.05) is 0 Å². The van der Waals surface area contributed by atoms with Gasteiger partial charge in [-0.25, -0.2) is 14.4 Å². The molecule has 0 fully saturated rings. The first-order valence-corrected chi connectivity index (χ1v) is 6.84. The van der Waals surface area contributed by atoms with Crippen LogP contribution in [0.25, 0.3) is 16.9 Å². The van der Waals surface area contributed by atoms with Gasteiger partial charge in [0.05, 0.1) is 11.9 Å². The SMILES string of the molecule is N#CCOc1ccc(-c2cnc3c(Cl)nccn23)c(F)c1Cl. The minimum atomic E-state index is -0.660. The van der Waals surface area contributed by atoms with E-state index in [0.717, 1.165) is 0 Å². The van der Waals surface area contributed by atoms with Crippen LogP contribution in [-0.4, -0.2) is 21.0 Å². The normalized spacial score (nSPS) is 10.6. The van der Waals surface area contributed by atoms with Crippen molar-refractivity contribution < 1.29 is 9.13 Å². The molecule has 2 heterocycles. The lowest BCUT2D eigenvalue weighted by Crippen LogP contribution is -1.98. The number of nitrogens with zero attached hydrogens (tertiary/aromatic N) is 4. The van der Waals surface area contributed by atoms with Crippen LogP contribution >= 0.6 is 23.2 Å². The third-order valence-electron chi connectivity index (χ3n) is 3.00. The zero-order valence-corrected chi connectivity index (χ0v) is 12.4. The monoisotopic (exact) mass is 336 g/mol. The van der Waals surface area contributed by atoms with Crippen LogP contribution < -0.4 is 4.74 Å². The molecular formula is C14H7Cl2FN4O. The molecule has 1 aromatic carbocycles. The minimum absolute atomic E-state index is 0.109. The molecule has 3 rings (SSSR count). The van der Waals surface area contributed by atoms with Crippen molar-refractivity contribution in [2.75, 3.05) is 6.61 Å². The van der Waals surface area contributed by atoms with Crippen LogP contribution in [0.15, 0.2) is 30.7 Å². The quantitative estimate of drug-likeness (QED) is 0.730. The summed E-state index contributed by atoms with van der Waals surface area (Å²) in [7, 11) is 0. The van der Waals surface area contributed by atoms with Gasteiger partial charge in [0.1, 0.15) is 16.8 Å². The summed E-state index contributed by atoms with van der Waals surface area (Å²) in [5.41, 5.74) is 1.13. The molecule has 0 saturated heterocycles. The van der Waals surface area contributed by atoms with Gasteiger partial charge in [0.15, 0.2) is 23.2 Å². The third-order valence-corrected chi connectivity index (χ3v) is 3.62. The number of rotatable bonds is 3. The van der Waals surface area contributed by atoms with Crippen LogP contribution in [0.4, 0.5) is 4.39 Å². The summed E-state index contributed by atoms with van der Waals surface area (Å²) in [6.45, 7) is -0.213. The van der Waals surface area contributed by atoms with Crippen molar-refractivity contribution in [3.8, 4) is 23.1 Å². The predicted octanol–water partition coefficient (Wildman–Crippen LogP) is 3.74. The van der Waals surface area contributed by atoms with Gasteiger partial charge in [0, 0.05) is 18.0 Å². The first-order chi connectivity index (χ1) is 10.6. The molecule has 0 unspecified atom stereocenters. The van der Waals surface area contributed by atoms with Crippen molar-refractivity contribution in [3.63, 3.8) is 0 Å². The second kappa shape index (κ2) is 5.79. The average Bonchev–Trinajstić information content (AvgIpc) is 2.94. The molecule has 0 spiro atoms. The van der Waals surface area contributed by atoms with Gasteiger partial charge in [0.25, 0.3) is 0 Å². The Morgan fingerprint density at radius 1 is 1.32 bits per heavy atom. The van der Waals surface area contributed by atoms with Crippen molar-refractivity contribution in [1.29, 1.82) is 5.26 Å². The van der Waals surface area contributed by atoms with Gasteiger partial charge < -0.3 is 4.74 Å². The zero-order chi connectivity index (χ0) is 15.7. The molecule has 0 aliphatic heterocycles. The Hall–Kier alpha value is -2.36. The molecule has 0 amide bonds. The highest BCUT2D eigenvalue weighted by Crippen LogP contribution is 2.35. The smallest absolute Gasteiger partial charge is 0.175 e. The fraction of sp³-hybridized carbons (Fsp3) is 0.0714. The van der Waals surface area contributed by atoms with E-state index in [2.05, 4.69) is 9.97 Å². The second-order valence-electron chi connectivity index (χ2n) is 4.24. The van der Waals surface area contributed by atoms with Gasteiger partial charge in [0.2, 0.25) is 0 Å². The Labute approximate surface area is 134 Å². The van der Waals surface area contributed by atoms with Crippen LogP contribution in [0, 0.1) is 17.1 Å². The lowest BCUT2D eigenvalue weighted by Gasteiger charge is -2.09. The van der Waals surface area contributed by atoms with E-state index in [-0.39, 0.29) is 28.1 Å². The van der Waals surface area contributed by atoms with Crippen molar-refractivity contribution in [2.45, 2.75) is 0 Å². The summed E-state index contributed by atoms with van der Waals surface area (Å²) in [5.74, 6) is -0.551. The first-order valence-electron chi connectivity index (χ1n) is 6.09. The average molecular weight is 337 g/mol. The molecule has 0 radical (unpaired) electrons. The van der Waals surface area contributed by atoms with Crippen LogP contribution in [0.5, 0.6) is 5.75 Å². The number of hydrogen-bond acceptors (Lipinski definition) is 4. The fourth-order valence-electron chi connectivity index (χ4n) is 2.04. The predicted molar refractivity (Wildman–Crippen MR) is 79.5 cm³/mol. The number of benzene rings is 1. The van der Waals surface area contributed by atoms with Crippen molar-refractivity contribution in [1.82, 2.24) is 14.4 Å². The second-order valence-corrected chi connectivity index (χ2v) is 4.98. The number of ether oxygens (including phenoxy) is 1. The molecule has 22 heavy (non-hydrogen) atoms. The largest absolute Gasteiger partial charge is 0.477 e. The molecule has 3 aromatic rings. The number of fused-ring (bicyclic) bond motifs is 1.